The predicted molar refractivity (Wildman–Crippen MR) is 108 cm³/mol. The number of aliphatic imine (C=N–C) groups is 1. The van der Waals surface area contributed by atoms with Gasteiger partial charge in [-0.15, -0.1) is 0 Å². The molecule has 0 atom stereocenters. The fourth-order valence-corrected chi connectivity index (χ4v) is 2.68. The molecule has 0 spiro atoms. The van der Waals surface area contributed by atoms with E-state index in [1.54, 1.807) is 7.11 Å². The molecule has 0 amide bonds. The van der Waals surface area contributed by atoms with E-state index in [1.807, 2.05) is 31.2 Å². The highest BCUT2D eigenvalue weighted by Gasteiger charge is 2.05. The van der Waals surface area contributed by atoms with Crippen molar-refractivity contribution in [2.45, 2.75) is 33.1 Å². The quantitative estimate of drug-likeness (QED) is 0.405. The minimum Gasteiger partial charge on any atom is -0.493 e. The summed E-state index contributed by atoms with van der Waals surface area (Å²) in [5.74, 6) is 1.99. The highest BCUT2D eigenvalue weighted by molar-refractivity contribution is 5.92. The zero-order valence-corrected chi connectivity index (χ0v) is 15.9. The van der Waals surface area contributed by atoms with Gasteiger partial charge in [0.1, 0.15) is 0 Å². The molecule has 0 saturated carbocycles. The third-order valence-corrected chi connectivity index (χ3v) is 4.04. The molecule has 140 valence electrons. The molecule has 0 radical (unpaired) electrons. The Labute approximate surface area is 156 Å². The lowest BCUT2D eigenvalue weighted by Crippen LogP contribution is -2.23. The monoisotopic (exact) mass is 355 g/mol. The first-order valence-electron chi connectivity index (χ1n) is 9.11. The third-order valence-electron chi connectivity index (χ3n) is 4.04. The summed E-state index contributed by atoms with van der Waals surface area (Å²) in [5.41, 5.74) is 9.43. The number of nitrogens with one attached hydrogen (secondary N) is 1. The van der Waals surface area contributed by atoms with Crippen LogP contribution in [0.4, 0.5) is 5.69 Å². The van der Waals surface area contributed by atoms with Gasteiger partial charge in [-0.1, -0.05) is 25.1 Å². The zero-order chi connectivity index (χ0) is 18.8. The van der Waals surface area contributed by atoms with E-state index in [0.29, 0.717) is 19.1 Å². The highest BCUT2D eigenvalue weighted by atomic mass is 16.5. The van der Waals surface area contributed by atoms with E-state index >= 15 is 0 Å². The van der Waals surface area contributed by atoms with Crippen LogP contribution in [0.25, 0.3) is 0 Å². The molecule has 0 fully saturated rings. The van der Waals surface area contributed by atoms with Crippen molar-refractivity contribution in [3.63, 3.8) is 0 Å². The zero-order valence-electron chi connectivity index (χ0n) is 15.9. The lowest BCUT2D eigenvalue weighted by molar-refractivity contribution is 0.310. The molecule has 5 nitrogen and oxygen atoms in total. The van der Waals surface area contributed by atoms with Crippen LogP contribution in [-0.2, 0) is 12.8 Å². The summed E-state index contributed by atoms with van der Waals surface area (Å²) in [5, 5.41) is 3.15. The van der Waals surface area contributed by atoms with Crippen molar-refractivity contribution in [1.29, 1.82) is 0 Å². The van der Waals surface area contributed by atoms with E-state index in [0.717, 1.165) is 36.4 Å². The second-order valence-electron chi connectivity index (χ2n) is 5.97. The fraction of sp³-hybridized carbons (Fsp3) is 0.381. The number of rotatable bonds is 9. The molecule has 0 aromatic heterocycles. The molecular formula is C21H29N3O2. The number of benzene rings is 2. The van der Waals surface area contributed by atoms with Crippen molar-refractivity contribution in [1.82, 2.24) is 0 Å². The summed E-state index contributed by atoms with van der Waals surface area (Å²) in [6.07, 6.45) is 2.82. The Kier molecular flexibility index (Phi) is 7.80. The highest BCUT2D eigenvalue weighted by Crippen LogP contribution is 2.28. The number of ether oxygens (including phenoxy) is 2. The van der Waals surface area contributed by atoms with Gasteiger partial charge in [-0.05, 0) is 61.6 Å². The molecule has 0 saturated heterocycles. The molecule has 0 bridgehead atoms. The van der Waals surface area contributed by atoms with Gasteiger partial charge in [0.05, 0.1) is 13.7 Å². The maximum Gasteiger partial charge on any atom is 0.193 e. The number of anilines is 1. The number of nitrogens with zero attached hydrogens (tertiary/aromatic N) is 1. The minimum atomic E-state index is 0.447. The lowest BCUT2D eigenvalue weighted by Gasteiger charge is -2.11. The second-order valence-corrected chi connectivity index (χ2v) is 5.97. The van der Waals surface area contributed by atoms with Crippen molar-refractivity contribution in [2.75, 3.05) is 25.6 Å². The Bertz CT molecular complexity index is 729. The molecule has 0 aliphatic heterocycles. The maximum atomic E-state index is 5.98. The molecule has 0 aliphatic carbocycles. The average molecular weight is 355 g/mol. The summed E-state index contributed by atoms with van der Waals surface area (Å²) in [7, 11) is 1.65. The molecule has 0 heterocycles. The van der Waals surface area contributed by atoms with Gasteiger partial charge in [-0.3, -0.25) is 4.99 Å². The average Bonchev–Trinajstić information content (AvgIpc) is 2.66. The summed E-state index contributed by atoms with van der Waals surface area (Å²) in [6, 6.07) is 14.2. The third kappa shape index (κ3) is 5.99. The number of hydrogen-bond acceptors (Lipinski definition) is 3. The molecule has 2 aromatic carbocycles. The summed E-state index contributed by atoms with van der Waals surface area (Å²) in [6.45, 7) is 5.38. The molecule has 0 aliphatic rings. The van der Waals surface area contributed by atoms with Crippen molar-refractivity contribution in [3.05, 3.63) is 53.6 Å². The molecule has 2 aromatic rings. The van der Waals surface area contributed by atoms with Crippen molar-refractivity contribution >= 4 is 11.6 Å². The normalized spacial score (nSPS) is 11.3. The molecule has 26 heavy (non-hydrogen) atoms. The van der Waals surface area contributed by atoms with Crippen LogP contribution in [-0.4, -0.2) is 26.2 Å². The molecular weight excluding hydrogens is 326 g/mol. The molecule has 0 unspecified atom stereocenters. The van der Waals surface area contributed by atoms with E-state index in [2.05, 4.69) is 35.4 Å². The van der Waals surface area contributed by atoms with Gasteiger partial charge in [-0.2, -0.15) is 0 Å². The van der Waals surface area contributed by atoms with Gasteiger partial charge in [0, 0.05) is 12.2 Å². The summed E-state index contributed by atoms with van der Waals surface area (Å²) < 4.78 is 10.9. The van der Waals surface area contributed by atoms with E-state index in [4.69, 9.17) is 15.2 Å². The fourth-order valence-electron chi connectivity index (χ4n) is 2.68. The minimum absolute atomic E-state index is 0.447. The molecule has 5 heteroatoms. The van der Waals surface area contributed by atoms with Crippen LogP contribution < -0.4 is 20.5 Å². The first-order valence-corrected chi connectivity index (χ1v) is 9.11. The van der Waals surface area contributed by atoms with Crippen LogP contribution in [0, 0.1) is 0 Å². The Morgan fingerprint density at radius 1 is 1.08 bits per heavy atom. The first-order chi connectivity index (χ1) is 12.7. The van der Waals surface area contributed by atoms with Crippen LogP contribution in [0.2, 0.25) is 0 Å². The van der Waals surface area contributed by atoms with Crippen molar-refractivity contribution in [3.8, 4) is 11.5 Å². The largest absolute Gasteiger partial charge is 0.493 e. The maximum absolute atomic E-state index is 5.98. The van der Waals surface area contributed by atoms with E-state index < -0.39 is 0 Å². The topological polar surface area (TPSA) is 68.9 Å². The number of guanidine groups is 1. The predicted octanol–water partition coefficient (Wildman–Crippen LogP) is 4.02. The number of hydrogen-bond donors (Lipinski definition) is 2. The SMILES string of the molecule is CCOc1cc(CCCN=C(N)Nc2cccc(CC)c2)ccc1OC. The van der Waals surface area contributed by atoms with E-state index in [9.17, 15) is 0 Å². The van der Waals surface area contributed by atoms with Crippen molar-refractivity contribution in [2.24, 2.45) is 10.7 Å². The summed E-state index contributed by atoms with van der Waals surface area (Å²) in [4.78, 5) is 4.41. The Balaban J connectivity index is 1.85. The van der Waals surface area contributed by atoms with Crippen LogP contribution >= 0.6 is 0 Å². The van der Waals surface area contributed by atoms with Gasteiger partial charge in [0.2, 0.25) is 0 Å². The van der Waals surface area contributed by atoms with Gasteiger partial charge in [0.15, 0.2) is 17.5 Å². The summed E-state index contributed by atoms with van der Waals surface area (Å²) >= 11 is 0. The molecule has 2 rings (SSSR count). The first kappa shape index (κ1) is 19.6. The van der Waals surface area contributed by atoms with Crippen molar-refractivity contribution < 1.29 is 9.47 Å². The second kappa shape index (κ2) is 10.3. The standard InChI is InChI=1S/C21H29N3O2/c1-4-16-8-6-10-18(14-16)24-21(22)23-13-7-9-17-11-12-19(25-3)20(15-17)26-5-2/h6,8,10-12,14-15H,4-5,7,9,13H2,1-3H3,(H3,22,23,24). The Hall–Kier alpha value is -2.69. The van der Waals surface area contributed by atoms with Crippen LogP contribution in [0.1, 0.15) is 31.4 Å². The smallest absolute Gasteiger partial charge is 0.193 e. The van der Waals surface area contributed by atoms with E-state index in [1.165, 1.54) is 11.1 Å². The van der Waals surface area contributed by atoms with Crippen LogP contribution in [0.3, 0.4) is 0 Å². The lowest BCUT2D eigenvalue weighted by atomic mass is 10.1. The molecule has 3 N–H and O–H groups in total. The van der Waals surface area contributed by atoms with Crippen LogP contribution in [0.15, 0.2) is 47.5 Å². The number of nitrogens with two attached hydrogens (primary N) is 1. The number of aryl methyl sites for hydroxylation is 2. The van der Waals surface area contributed by atoms with Gasteiger partial charge in [-0.25, -0.2) is 0 Å². The van der Waals surface area contributed by atoms with Crippen LogP contribution in [0.5, 0.6) is 11.5 Å². The van der Waals surface area contributed by atoms with E-state index in [-0.39, 0.29) is 0 Å². The van der Waals surface area contributed by atoms with Gasteiger partial charge >= 0.3 is 0 Å². The Morgan fingerprint density at radius 2 is 1.92 bits per heavy atom. The number of methoxy groups -OCH3 is 1. The van der Waals surface area contributed by atoms with Gasteiger partial charge < -0.3 is 20.5 Å². The van der Waals surface area contributed by atoms with Gasteiger partial charge in [0.25, 0.3) is 0 Å². The Morgan fingerprint density at radius 3 is 2.65 bits per heavy atom.